The number of fused-ring (bicyclic) bond motifs is 1. The molecule has 2 spiro atoms. The molecule has 1 aliphatic carbocycles. The topological polar surface area (TPSA) is 115 Å². The van der Waals surface area contributed by atoms with Gasteiger partial charge in [0.15, 0.2) is 12.4 Å². The Labute approximate surface area is 302 Å². The van der Waals surface area contributed by atoms with Crippen LogP contribution >= 0.6 is 0 Å². The molecule has 3 aromatic rings. The van der Waals surface area contributed by atoms with Gasteiger partial charge in [-0.2, -0.15) is 18.2 Å². The van der Waals surface area contributed by atoms with Crippen LogP contribution in [0.3, 0.4) is 0 Å². The Balaban J connectivity index is 1.29. The Morgan fingerprint density at radius 1 is 1.06 bits per heavy atom. The summed E-state index contributed by atoms with van der Waals surface area (Å²) in [6, 6.07) is 5.64. The lowest BCUT2D eigenvalue weighted by molar-refractivity contribution is -0.153. The molecule has 3 N–H and O–H groups in total. The third-order valence-electron chi connectivity index (χ3n) is 12.3. The van der Waals surface area contributed by atoms with Crippen molar-refractivity contribution in [3.05, 3.63) is 47.5 Å². The average molecular weight is 717 g/mol. The molecule has 1 aromatic heterocycles. The third-order valence-corrected chi connectivity index (χ3v) is 12.3. The number of aromatic nitrogens is 2. The van der Waals surface area contributed by atoms with Crippen LogP contribution in [0.5, 0.6) is 5.75 Å². The maximum atomic E-state index is 14.1. The number of carbonyl (C=O) groups is 1. The van der Waals surface area contributed by atoms with E-state index in [0.29, 0.717) is 71.2 Å². The lowest BCUT2D eigenvalue weighted by Gasteiger charge is -2.57. The van der Waals surface area contributed by atoms with Crippen molar-refractivity contribution in [1.29, 1.82) is 5.41 Å². The van der Waals surface area contributed by atoms with Crippen molar-refractivity contribution in [3.8, 4) is 16.9 Å². The molecule has 0 unspecified atom stereocenters. The highest BCUT2D eigenvalue weighted by Crippen LogP contribution is 2.53. The number of hydrogen-bond acceptors (Lipinski definition) is 9. The first-order valence-corrected chi connectivity index (χ1v) is 18.4. The predicted octanol–water partition coefficient (Wildman–Crippen LogP) is 6.29. The van der Waals surface area contributed by atoms with Crippen molar-refractivity contribution < 1.29 is 22.7 Å². The summed E-state index contributed by atoms with van der Waals surface area (Å²) >= 11 is 0. The number of anilines is 3. The number of benzene rings is 2. The molecule has 4 aliphatic heterocycles. The number of alkyl halides is 3. The number of nitrogen functional groups attached to an aromatic ring is 1. The third kappa shape index (κ3) is 5.94. The van der Waals surface area contributed by atoms with Crippen LogP contribution in [0.25, 0.3) is 22.0 Å². The van der Waals surface area contributed by atoms with Gasteiger partial charge in [0.1, 0.15) is 11.3 Å². The summed E-state index contributed by atoms with van der Waals surface area (Å²) in [5.74, 6) is 1.32. The van der Waals surface area contributed by atoms with Crippen LogP contribution in [0.1, 0.15) is 67.6 Å². The number of nitrogens with two attached hydrogens (primary N) is 1. The lowest BCUT2D eigenvalue weighted by Crippen LogP contribution is -2.71. The Morgan fingerprint density at radius 3 is 2.42 bits per heavy atom. The number of aryl methyl sites for hydroxylation is 1. The smallest absolute Gasteiger partial charge is 0.422 e. The number of carbonyl (C=O) groups excluding carboxylic acids is 1. The van der Waals surface area contributed by atoms with E-state index in [2.05, 4.69) is 34.4 Å². The maximum Gasteiger partial charge on any atom is 0.422 e. The second-order valence-corrected chi connectivity index (χ2v) is 15.8. The minimum absolute atomic E-state index is 0.0291. The Bertz CT molecular complexity index is 1940. The zero-order valence-electron chi connectivity index (χ0n) is 30.0. The predicted molar refractivity (Wildman–Crippen MR) is 198 cm³/mol. The van der Waals surface area contributed by atoms with Gasteiger partial charge in [-0.25, -0.2) is 4.98 Å². The van der Waals surface area contributed by atoms with E-state index in [1.54, 1.807) is 6.07 Å². The SMILES string of the molecule is C=CC(=O)N1CC2(CCN(c3nc(N4CC5(CCCCN5C)C4)nc4c(OCC(F)(F)F)c(-c5c(C)ccc(N)c5C=N)c(C5CC5)cc34)CC2)C1. The molecule has 0 radical (unpaired) electrons. The van der Waals surface area contributed by atoms with Gasteiger partial charge >= 0.3 is 6.18 Å². The van der Waals surface area contributed by atoms with Crippen LogP contribution in [0.4, 0.5) is 30.6 Å². The average Bonchev–Trinajstić information content (AvgIpc) is 3.94. The van der Waals surface area contributed by atoms with Crippen molar-refractivity contribution in [2.24, 2.45) is 5.41 Å². The number of amides is 1. The molecule has 8 rings (SSSR count). The van der Waals surface area contributed by atoms with E-state index in [1.165, 1.54) is 12.3 Å². The van der Waals surface area contributed by atoms with E-state index < -0.39 is 12.8 Å². The summed E-state index contributed by atoms with van der Waals surface area (Å²) in [6.45, 7) is 9.33. The highest BCUT2D eigenvalue weighted by molar-refractivity contribution is 6.05. The van der Waals surface area contributed by atoms with Gasteiger partial charge in [0.2, 0.25) is 11.9 Å². The number of likely N-dealkylation sites (tertiary alicyclic amines) is 2. The zero-order chi connectivity index (χ0) is 36.6. The Hall–Kier alpha value is -4.39. The molecule has 5 fully saturated rings. The fourth-order valence-electron chi connectivity index (χ4n) is 9.11. The summed E-state index contributed by atoms with van der Waals surface area (Å²) in [5, 5.41) is 8.97. The van der Waals surface area contributed by atoms with E-state index >= 15 is 0 Å². The van der Waals surface area contributed by atoms with Gasteiger partial charge in [0.25, 0.3) is 0 Å². The first-order valence-electron chi connectivity index (χ1n) is 18.4. The van der Waals surface area contributed by atoms with E-state index in [4.69, 9.17) is 25.8 Å². The van der Waals surface area contributed by atoms with Crippen molar-refractivity contribution >= 4 is 40.5 Å². The van der Waals surface area contributed by atoms with Crippen LogP contribution < -0.4 is 20.3 Å². The monoisotopic (exact) mass is 716 g/mol. The van der Waals surface area contributed by atoms with E-state index in [1.807, 2.05) is 17.9 Å². The van der Waals surface area contributed by atoms with E-state index in [-0.39, 0.29) is 28.5 Å². The summed E-state index contributed by atoms with van der Waals surface area (Å²) in [6.07, 6.45) is 4.86. The van der Waals surface area contributed by atoms with Crippen LogP contribution in [0, 0.1) is 17.7 Å². The van der Waals surface area contributed by atoms with Gasteiger partial charge in [-0.05, 0) is 99.9 Å². The maximum absolute atomic E-state index is 14.1. The molecule has 2 aromatic carbocycles. The molecule has 52 heavy (non-hydrogen) atoms. The standard InChI is InChI=1S/C39H47F3N8O2/c1-4-30(51)49-19-37(20-49)12-15-48(16-13-37)35-27-17-26(25-8-9-25)32(31-24(2)7-10-29(44)28(31)18-43)34(52-23-39(40,41)42)33(27)45-36(46-35)50-21-38(22-50)11-5-6-14-47(38)3/h4,7,10,17-18,25,43H,1,5-6,8-9,11-16,19-23,44H2,2-3H3. The Kier molecular flexibility index (Phi) is 8.43. The molecule has 4 saturated heterocycles. The van der Waals surface area contributed by atoms with Crippen molar-refractivity contribution in [1.82, 2.24) is 19.8 Å². The van der Waals surface area contributed by atoms with Gasteiger partial charge < -0.3 is 30.6 Å². The number of halogens is 3. The quantitative estimate of drug-likeness (QED) is 0.159. The van der Waals surface area contributed by atoms with Gasteiger partial charge in [-0.15, -0.1) is 0 Å². The lowest BCUT2D eigenvalue weighted by atomic mass is 9.72. The first kappa shape index (κ1) is 34.7. The number of nitrogens with one attached hydrogen (secondary N) is 1. The highest BCUT2D eigenvalue weighted by atomic mass is 19.4. The fraction of sp³-hybridized carbons (Fsp3) is 0.538. The van der Waals surface area contributed by atoms with Crippen molar-refractivity contribution in [3.63, 3.8) is 0 Å². The van der Waals surface area contributed by atoms with E-state index in [0.717, 1.165) is 75.7 Å². The molecule has 1 saturated carbocycles. The zero-order valence-corrected chi connectivity index (χ0v) is 30.0. The number of piperidine rings is 2. The molecule has 5 heterocycles. The minimum Gasteiger partial charge on any atom is -0.481 e. The van der Waals surface area contributed by atoms with Crippen molar-refractivity contribution in [2.45, 2.75) is 69.5 Å². The largest absolute Gasteiger partial charge is 0.481 e. The number of ether oxygens (including phenoxy) is 1. The normalized spacial score (nSPS) is 21.3. The molecule has 5 aliphatic rings. The Morgan fingerprint density at radius 2 is 1.79 bits per heavy atom. The first-order chi connectivity index (χ1) is 24.8. The molecule has 0 atom stereocenters. The van der Waals surface area contributed by atoms with Crippen molar-refractivity contribution in [2.75, 3.05) is 75.0 Å². The number of rotatable bonds is 8. The summed E-state index contributed by atoms with van der Waals surface area (Å²) < 4.78 is 48.1. The van der Waals surface area contributed by atoms with Gasteiger partial charge in [0, 0.05) is 73.1 Å². The second kappa shape index (κ2) is 12.6. The molecular weight excluding hydrogens is 669 g/mol. The van der Waals surface area contributed by atoms with Gasteiger partial charge in [-0.3, -0.25) is 9.69 Å². The highest BCUT2D eigenvalue weighted by Gasteiger charge is 2.49. The van der Waals surface area contributed by atoms with E-state index in [9.17, 15) is 18.0 Å². The van der Waals surface area contributed by atoms with Crippen LogP contribution in [0.2, 0.25) is 0 Å². The molecule has 1 amide bonds. The molecule has 10 nitrogen and oxygen atoms in total. The fourth-order valence-corrected chi connectivity index (χ4v) is 9.11. The second-order valence-electron chi connectivity index (χ2n) is 15.8. The summed E-state index contributed by atoms with van der Waals surface area (Å²) in [7, 11) is 2.17. The molecular formula is C39H47F3N8O2. The summed E-state index contributed by atoms with van der Waals surface area (Å²) in [5.41, 5.74) is 10.4. The number of hydrogen-bond donors (Lipinski definition) is 2. The number of nitrogens with zero attached hydrogens (tertiary/aromatic N) is 6. The number of likely N-dealkylation sites (N-methyl/N-ethyl adjacent to an activating group) is 1. The molecule has 0 bridgehead atoms. The molecule has 276 valence electrons. The minimum atomic E-state index is -4.59. The molecule has 13 heteroatoms. The summed E-state index contributed by atoms with van der Waals surface area (Å²) in [4.78, 5) is 31.2. The van der Waals surface area contributed by atoms with Crippen LogP contribution in [0.15, 0.2) is 30.9 Å². The van der Waals surface area contributed by atoms with Crippen LogP contribution in [-0.4, -0.2) is 103 Å². The van der Waals surface area contributed by atoms with Gasteiger partial charge in [0.05, 0.1) is 5.54 Å². The van der Waals surface area contributed by atoms with Crippen LogP contribution in [-0.2, 0) is 4.79 Å². The van der Waals surface area contributed by atoms with Gasteiger partial charge in [-0.1, -0.05) is 19.1 Å².